The number of hydrogen-bond acceptors (Lipinski definition) is 3. The van der Waals surface area contributed by atoms with Crippen LogP contribution in [0.5, 0.6) is 0 Å². The molecule has 0 saturated heterocycles. The van der Waals surface area contributed by atoms with Crippen molar-refractivity contribution in [3.8, 4) is 0 Å². The Kier molecular flexibility index (Phi) is 2.78. The summed E-state index contributed by atoms with van der Waals surface area (Å²) in [6.45, 7) is 0. The summed E-state index contributed by atoms with van der Waals surface area (Å²) in [5, 5.41) is 0. The Morgan fingerprint density at radius 1 is 1.46 bits per heavy atom. The minimum Gasteiger partial charge on any atom is -0.361 e. The molecular formula is C8H5N3O2. The van der Waals surface area contributed by atoms with E-state index in [-0.39, 0.29) is 5.69 Å². The van der Waals surface area contributed by atoms with Gasteiger partial charge in [-0.3, -0.25) is 14.6 Å². The van der Waals surface area contributed by atoms with Crippen molar-refractivity contribution in [1.29, 1.82) is 0 Å². The van der Waals surface area contributed by atoms with Gasteiger partial charge in [-0.2, -0.15) is 4.79 Å². The first kappa shape index (κ1) is 8.96. The van der Waals surface area contributed by atoms with E-state index in [0.29, 0.717) is 6.21 Å². The van der Waals surface area contributed by atoms with Gasteiger partial charge in [0.15, 0.2) is 0 Å². The van der Waals surface area contributed by atoms with Gasteiger partial charge in [-0.15, -0.1) is 0 Å². The molecule has 0 bridgehead atoms. The quantitative estimate of drug-likeness (QED) is 0.215. The van der Waals surface area contributed by atoms with E-state index in [1.54, 1.807) is 12.1 Å². The van der Waals surface area contributed by atoms with Gasteiger partial charge < -0.3 is 5.53 Å². The molecule has 13 heavy (non-hydrogen) atoms. The van der Waals surface area contributed by atoms with Crippen LogP contribution in [0.15, 0.2) is 24.4 Å². The molecule has 0 aliphatic heterocycles. The molecule has 0 spiro atoms. The average molecular weight is 175 g/mol. The molecule has 0 aromatic carbocycles. The summed E-state index contributed by atoms with van der Waals surface area (Å²) in [6.07, 6.45) is 1.94. The first-order valence-electron chi connectivity index (χ1n) is 3.43. The highest BCUT2D eigenvalue weighted by atomic mass is 16.2. The van der Waals surface area contributed by atoms with Crippen LogP contribution in [-0.2, 0) is 4.79 Å². The first-order chi connectivity index (χ1) is 6.25. The fraction of sp³-hybridized carbons (Fsp3) is 0. The van der Waals surface area contributed by atoms with Crippen molar-refractivity contribution >= 4 is 17.8 Å². The van der Waals surface area contributed by atoms with Gasteiger partial charge in [0.1, 0.15) is 5.69 Å². The van der Waals surface area contributed by atoms with E-state index in [2.05, 4.69) is 9.77 Å². The highest BCUT2D eigenvalue weighted by Gasteiger charge is 2.18. The number of pyridine rings is 1. The van der Waals surface area contributed by atoms with Gasteiger partial charge in [0, 0.05) is 6.20 Å². The summed E-state index contributed by atoms with van der Waals surface area (Å²) >= 11 is 0. The summed E-state index contributed by atoms with van der Waals surface area (Å²) in [7, 11) is 0. The lowest BCUT2D eigenvalue weighted by atomic mass is 10.2. The van der Waals surface area contributed by atoms with Crippen LogP contribution in [0.2, 0.25) is 0 Å². The average Bonchev–Trinajstić information content (AvgIpc) is 2.18. The molecule has 1 heterocycles. The summed E-state index contributed by atoms with van der Waals surface area (Å²) < 4.78 is 0. The molecule has 1 aromatic heterocycles. The number of hydrogen-bond donors (Lipinski definition) is 0. The number of aromatic nitrogens is 1. The monoisotopic (exact) mass is 175 g/mol. The predicted molar refractivity (Wildman–Crippen MR) is 43.3 cm³/mol. The van der Waals surface area contributed by atoms with E-state index in [1.165, 1.54) is 12.3 Å². The van der Waals surface area contributed by atoms with Crippen LogP contribution in [0.3, 0.4) is 0 Å². The van der Waals surface area contributed by atoms with Gasteiger partial charge in [-0.25, -0.2) is 0 Å². The molecule has 0 amide bonds. The Labute approximate surface area is 73.7 Å². The zero-order valence-electron chi connectivity index (χ0n) is 6.54. The zero-order valence-corrected chi connectivity index (χ0v) is 6.54. The first-order valence-corrected chi connectivity index (χ1v) is 3.43. The van der Waals surface area contributed by atoms with E-state index >= 15 is 0 Å². The normalized spacial score (nSPS) is 8.62. The van der Waals surface area contributed by atoms with Crippen molar-refractivity contribution in [2.75, 3.05) is 0 Å². The molecular weight excluding hydrogens is 170 g/mol. The van der Waals surface area contributed by atoms with Crippen LogP contribution in [0.4, 0.5) is 0 Å². The second-order valence-electron chi connectivity index (χ2n) is 2.15. The van der Waals surface area contributed by atoms with Crippen molar-refractivity contribution in [2.24, 2.45) is 0 Å². The highest BCUT2D eigenvalue weighted by Crippen LogP contribution is 1.94. The van der Waals surface area contributed by atoms with Crippen LogP contribution in [0, 0.1) is 0 Å². The van der Waals surface area contributed by atoms with Crippen molar-refractivity contribution in [2.45, 2.75) is 0 Å². The summed E-state index contributed by atoms with van der Waals surface area (Å²) in [5.74, 6) is -1.69. The Morgan fingerprint density at radius 2 is 2.23 bits per heavy atom. The second kappa shape index (κ2) is 4.04. The van der Waals surface area contributed by atoms with Crippen LogP contribution in [0.25, 0.3) is 5.53 Å². The third-order valence-corrected chi connectivity index (χ3v) is 1.30. The highest BCUT2D eigenvalue weighted by molar-refractivity contribution is 6.61. The molecule has 0 unspecified atom stereocenters. The topological polar surface area (TPSA) is 83.4 Å². The molecule has 5 nitrogen and oxygen atoms in total. The maximum atomic E-state index is 11.1. The number of rotatable bonds is 3. The fourth-order valence-electron chi connectivity index (χ4n) is 0.734. The van der Waals surface area contributed by atoms with Gasteiger partial charge in [-0.1, -0.05) is 6.07 Å². The van der Waals surface area contributed by atoms with Crippen molar-refractivity contribution in [3.05, 3.63) is 35.6 Å². The van der Waals surface area contributed by atoms with Crippen molar-refractivity contribution < 1.29 is 14.4 Å². The number of carbonyl (C=O) groups is 2. The molecule has 0 aliphatic rings. The lowest BCUT2D eigenvalue weighted by molar-refractivity contribution is -0.112. The van der Waals surface area contributed by atoms with Crippen LogP contribution in [-0.4, -0.2) is 27.6 Å². The molecule has 1 aromatic rings. The van der Waals surface area contributed by atoms with E-state index in [1.807, 2.05) is 0 Å². The lowest BCUT2D eigenvalue weighted by Gasteiger charge is -1.90. The standard InChI is InChI=1S/C8H5N3O2/c9-11-5-7(12)8(13)6-3-1-2-4-10-6/h1-5H. The predicted octanol–water partition coefficient (Wildman–Crippen LogP) is 0.134. The van der Waals surface area contributed by atoms with E-state index in [9.17, 15) is 9.59 Å². The molecule has 0 fully saturated rings. The van der Waals surface area contributed by atoms with Crippen molar-refractivity contribution in [1.82, 2.24) is 4.98 Å². The maximum absolute atomic E-state index is 11.1. The van der Waals surface area contributed by atoms with Gasteiger partial charge >= 0.3 is 12.0 Å². The molecule has 5 heteroatoms. The van der Waals surface area contributed by atoms with Gasteiger partial charge in [0.25, 0.3) is 5.78 Å². The summed E-state index contributed by atoms with van der Waals surface area (Å²) in [4.78, 5) is 28.1. The van der Waals surface area contributed by atoms with Gasteiger partial charge in [-0.05, 0) is 12.1 Å². The minimum absolute atomic E-state index is 0.0346. The zero-order chi connectivity index (χ0) is 9.68. The molecule has 1 rings (SSSR count). The molecule has 0 aliphatic carbocycles. The second-order valence-corrected chi connectivity index (χ2v) is 2.15. The van der Waals surface area contributed by atoms with Gasteiger partial charge in [0.05, 0.1) is 0 Å². The number of ketones is 2. The number of nitrogens with zero attached hydrogens (tertiary/aromatic N) is 3. The largest absolute Gasteiger partial charge is 0.361 e. The van der Waals surface area contributed by atoms with Gasteiger partial charge in [0.2, 0.25) is 0 Å². The van der Waals surface area contributed by atoms with Crippen LogP contribution in [0.1, 0.15) is 10.5 Å². The molecule has 0 N–H and O–H groups in total. The molecule has 0 atom stereocenters. The Balaban J connectivity index is 2.92. The lowest BCUT2D eigenvalue weighted by Crippen LogP contribution is -2.16. The minimum atomic E-state index is -0.902. The van der Waals surface area contributed by atoms with E-state index in [4.69, 9.17) is 5.53 Å². The smallest absolute Gasteiger partial charge is 0.331 e. The third kappa shape index (κ3) is 2.15. The molecule has 0 saturated carbocycles. The summed E-state index contributed by atoms with van der Waals surface area (Å²) in [5.41, 5.74) is 8.04. The third-order valence-electron chi connectivity index (χ3n) is 1.30. The molecule has 0 radical (unpaired) electrons. The SMILES string of the molecule is [N-]=[N+]=CC(=O)C(=O)c1ccccn1. The van der Waals surface area contributed by atoms with Crippen LogP contribution < -0.4 is 0 Å². The maximum Gasteiger partial charge on any atom is 0.331 e. The molecule has 64 valence electrons. The Morgan fingerprint density at radius 3 is 2.77 bits per heavy atom. The van der Waals surface area contributed by atoms with Crippen molar-refractivity contribution in [3.63, 3.8) is 0 Å². The Bertz CT molecular complexity index is 380. The van der Waals surface area contributed by atoms with E-state index < -0.39 is 11.6 Å². The Hall–Kier alpha value is -2.13. The summed E-state index contributed by atoms with van der Waals surface area (Å²) in [6, 6.07) is 4.62. The van der Waals surface area contributed by atoms with Crippen LogP contribution >= 0.6 is 0 Å². The fourth-order valence-corrected chi connectivity index (χ4v) is 0.734. The number of carbonyl (C=O) groups excluding carboxylic acids is 2. The van der Waals surface area contributed by atoms with E-state index in [0.717, 1.165) is 0 Å². The number of Topliss-reactive ketones (excluding diaryl/α,β-unsaturated/α-hetero) is 2.